The Bertz CT molecular complexity index is 1220. The van der Waals surface area contributed by atoms with Crippen molar-refractivity contribution in [3.8, 4) is 0 Å². The van der Waals surface area contributed by atoms with E-state index in [1.165, 1.54) is 24.4 Å². The van der Waals surface area contributed by atoms with Crippen molar-refractivity contribution in [2.24, 2.45) is 7.05 Å². The van der Waals surface area contributed by atoms with Gasteiger partial charge in [0.05, 0.1) is 6.04 Å². The van der Waals surface area contributed by atoms with Crippen LogP contribution in [-0.4, -0.2) is 18.0 Å². The molecule has 4 rings (SSSR count). The molecule has 2 aromatic heterocycles. The second-order valence-electron chi connectivity index (χ2n) is 6.49. The lowest BCUT2D eigenvalue weighted by molar-refractivity contribution is 0.568. The van der Waals surface area contributed by atoms with Crippen molar-refractivity contribution in [2.45, 2.75) is 11.1 Å². The molecule has 5 nitrogen and oxygen atoms in total. The zero-order valence-corrected chi connectivity index (χ0v) is 15.9. The van der Waals surface area contributed by atoms with Crippen molar-refractivity contribution in [1.82, 2.24) is 14.3 Å². The predicted octanol–water partition coefficient (Wildman–Crippen LogP) is 3.78. The third kappa shape index (κ3) is 3.42. The van der Waals surface area contributed by atoms with Crippen molar-refractivity contribution in [1.29, 1.82) is 0 Å². The van der Waals surface area contributed by atoms with Crippen molar-refractivity contribution in [3.05, 3.63) is 96.1 Å². The molecule has 0 aliphatic heterocycles. The molecule has 1 atom stereocenters. The van der Waals surface area contributed by atoms with Gasteiger partial charge in [0.2, 0.25) is 0 Å². The van der Waals surface area contributed by atoms with Crippen molar-refractivity contribution < 1.29 is 12.8 Å². The van der Waals surface area contributed by atoms with E-state index in [9.17, 15) is 12.8 Å². The summed E-state index contributed by atoms with van der Waals surface area (Å²) in [6, 6.07) is 17.6. The topological polar surface area (TPSA) is 64.0 Å². The van der Waals surface area contributed by atoms with Gasteiger partial charge in [0.1, 0.15) is 5.82 Å². The Morgan fingerprint density at radius 1 is 1.00 bits per heavy atom. The minimum Gasteiger partial charge on any atom is -0.350 e. The van der Waals surface area contributed by atoms with E-state index < -0.39 is 16.1 Å². The zero-order chi connectivity index (χ0) is 19.7. The highest BCUT2D eigenvalue weighted by molar-refractivity contribution is 7.89. The number of nitrogens with zero attached hydrogens (tertiary/aromatic N) is 2. The van der Waals surface area contributed by atoms with E-state index >= 15 is 0 Å². The maximum absolute atomic E-state index is 13.5. The molecule has 4 aromatic rings. The molecule has 0 spiro atoms. The summed E-state index contributed by atoms with van der Waals surface area (Å²) in [7, 11) is -1.99. The lowest BCUT2D eigenvalue weighted by Crippen LogP contribution is -2.30. The number of aromatic nitrogens is 2. The molecule has 2 heterocycles. The van der Waals surface area contributed by atoms with Crippen LogP contribution in [0, 0.1) is 5.82 Å². The maximum atomic E-state index is 13.5. The number of aryl methyl sites for hydroxylation is 1. The second kappa shape index (κ2) is 7.18. The van der Waals surface area contributed by atoms with Gasteiger partial charge >= 0.3 is 0 Å². The Morgan fingerprint density at radius 2 is 1.71 bits per heavy atom. The summed E-state index contributed by atoms with van der Waals surface area (Å²) in [5.74, 6) is -0.381. The number of rotatable bonds is 5. The molecule has 0 aliphatic carbocycles. The van der Waals surface area contributed by atoms with Crippen LogP contribution in [0.5, 0.6) is 0 Å². The van der Waals surface area contributed by atoms with Gasteiger partial charge < -0.3 is 4.57 Å². The molecule has 1 unspecified atom stereocenters. The summed E-state index contributed by atoms with van der Waals surface area (Å²) in [4.78, 5) is 3.96. The lowest BCUT2D eigenvalue weighted by atomic mass is 9.99. The van der Waals surface area contributed by atoms with Crippen molar-refractivity contribution >= 4 is 20.9 Å². The molecule has 142 valence electrons. The minimum absolute atomic E-state index is 0.0673. The van der Waals surface area contributed by atoms with Crippen LogP contribution in [0.3, 0.4) is 0 Å². The number of pyridine rings is 1. The van der Waals surface area contributed by atoms with E-state index in [1.807, 2.05) is 42.1 Å². The fourth-order valence-corrected chi connectivity index (χ4v) is 4.44. The SMILES string of the molecule is Cn1cc(C(NS(=O)(=O)c2ccccn2)c2ccc(F)cc2)c2ccccc21. The first-order valence-corrected chi connectivity index (χ1v) is 10.2. The van der Waals surface area contributed by atoms with Crippen molar-refractivity contribution in [2.75, 3.05) is 0 Å². The molecule has 0 fully saturated rings. The highest BCUT2D eigenvalue weighted by Gasteiger charge is 2.26. The Morgan fingerprint density at radius 3 is 2.43 bits per heavy atom. The summed E-state index contributed by atoms with van der Waals surface area (Å²) in [5.41, 5.74) is 2.39. The molecule has 0 amide bonds. The Hall–Kier alpha value is -3.03. The van der Waals surface area contributed by atoms with Crippen LogP contribution in [0.1, 0.15) is 17.2 Å². The van der Waals surface area contributed by atoms with Crippen LogP contribution in [0.2, 0.25) is 0 Å². The summed E-state index contributed by atoms with van der Waals surface area (Å²) in [6.07, 6.45) is 3.32. The van der Waals surface area contributed by atoms with Gasteiger partial charge in [-0.25, -0.2) is 17.8 Å². The number of fused-ring (bicyclic) bond motifs is 1. The van der Waals surface area contributed by atoms with E-state index in [4.69, 9.17) is 0 Å². The molecule has 0 aliphatic rings. The molecule has 0 saturated carbocycles. The van der Waals surface area contributed by atoms with Gasteiger partial charge in [0.25, 0.3) is 10.0 Å². The Kier molecular flexibility index (Phi) is 4.70. The van der Waals surface area contributed by atoms with Gasteiger partial charge in [0.15, 0.2) is 5.03 Å². The van der Waals surface area contributed by atoms with Gasteiger partial charge in [-0.1, -0.05) is 36.4 Å². The van der Waals surface area contributed by atoms with Crippen LogP contribution in [0.15, 0.2) is 84.1 Å². The van der Waals surface area contributed by atoms with Gasteiger partial charge in [-0.15, -0.1) is 0 Å². The number of nitrogens with one attached hydrogen (secondary N) is 1. The van der Waals surface area contributed by atoms with E-state index in [2.05, 4.69) is 9.71 Å². The maximum Gasteiger partial charge on any atom is 0.258 e. The fraction of sp³-hybridized carbons (Fsp3) is 0.0952. The van der Waals surface area contributed by atoms with Crippen molar-refractivity contribution in [3.63, 3.8) is 0 Å². The van der Waals surface area contributed by atoms with E-state index in [1.54, 1.807) is 24.3 Å². The molecule has 7 heteroatoms. The summed E-state index contributed by atoms with van der Waals surface area (Å²) in [6.45, 7) is 0. The van der Waals surface area contributed by atoms with Gasteiger partial charge in [0, 0.05) is 35.9 Å². The molecule has 28 heavy (non-hydrogen) atoms. The third-order valence-corrected chi connectivity index (χ3v) is 5.97. The van der Waals surface area contributed by atoms with Crippen LogP contribution >= 0.6 is 0 Å². The number of sulfonamides is 1. The Balaban J connectivity index is 1.86. The molecule has 2 aromatic carbocycles. The van der Waals surface area contributed by atoms with Crippen LogP contribution in [-0.2, 0) is 17.1 Å². The smallest absolute Gasteiger partial charge is 0.258 e. The standard InChI is InChI=1S/C21H18FN3O2S/c1-25-14-18(17-6-2-3-7-19(17)25)21(15-9-11-16(22)12-10-15)24-28(26,27)20-8-4-5-13-23-20/h2-14,21,24H,1H3. The second-order valence-corrected chi connectivity index (χ2v) is 8.15. The largest absolute Gasteiger partial charge is 0.350 e. The summed E-state index contributed by atoms with van der Waals surface area (Å²) in [5, 5.41) is 0.852. The molecule has 0 bridgehead atoms. The molecular weight excluding hydrogens is 377 g/mol. The number of halogens is 1. The number of benzene rings is 2. The predicted molar refractivity (Wildman–Crippen MR) is 106 cm³/mol. The highest BCUT2D eigenvalue weighted by Crippen LogP contribution is 2.31. The number of hydrogen-bond donors (Lipinski definition) is 1. The molecular formula is C21H18FN3O2S. The summed E-state index contributed by atoms with van der Waals surface area (Å²) >= 11 is 0. The van der Waals surface area contributed by atoms with Crippen LogP contribution < -0.4 is 4.72 Å². The molecule has 1 N–H and O–H groups in total. The molecule has 0 radical (unpaired) electrons. The van der Waals surface area contributed by atoms with Crippen LogP contribution in [0.4, 0.5) is 4.39 Å². The average Bonchev–Trinajstić information content (AvgIpc) is 3.04. The number of hydrogen-bond acceptors (Lipinski definition) is 3. The quantitative estimate of drug-likeness (QED) is 0.559. The monoisotopic (exact) mass is 395 g/mol. The first-order valence-electron chi connectivity index (χ1n) is 8.68. The van der Waals surface area contributed by atoms with Crippen LogP contribution in [0.25, 0.3) is 10.9 Å². The fourth-order valence-electron chi connectivity index (χ4n) is 3.29. The van der Waals surface area contributed by atoms with E-state index in [0.717, 1.165) is 16.5 Å². The number of para-hydroxylation sites is 1. The summed E-state index contributed by atoms with van der Waals surface area (Å²) < 4.78 is 44.0. The van der Waals surface area contributed by atoms with Gasteiger partial charge in [-0.05, 0) is 35.9 Å². The van der Waals surface area contributed by atoms with Gasteiger partial charge in [-0.2, -0.15) is 4.72 Å². The lowest BCUT2D eigenvalue weighted by Gasteiger charge is -2.19. The minimum atomic E-state index is -3.89. The first kappa shape index (κ1) is 18.3. The third-order valence-electron chi connectivity index (χ3n) is 4.63. The first-order chi connectivity index (χ1) is 13.5. The van der Waals surface area contributed by atoms with E-state index in [0.29, 0.717) is 5.56 Å². The Labute approximate surface area is 162 Å². The average molecular weight is 395 g/mol. The highest BCUT2D eigenvalue weighted by atomic mass is 32.2. The van der Waals surface area contributed by atoms with E-state index in [-0.39, 0.29) is 10.8 Å². The van der Waals surface area contributed by atoms with Gasteiger partial charge in [-0.3, -0.25) is 0 Å². The zero-order valence-electron chi connectivity index (χ0n) is 15.1. The normalized spacial score (nSPS) is 12.9. The molecule has 0 saturated heterocycles.